The van der Waals surface area contributed by atoms with Crippen LogP contribution in [-0.4, -0.2) is 54.7 Å². The van der Waals surface area contributed by atoms with E-state index in [4.69, 9.17) is 4.74 Å². The number of nitrogens with zero attached hydrogens (tertiary/aromatic N) is 2. The zero-order valence-electron chi connectivity index (χ0n) is 10.0. The van der Waals surface area contributed by atoms with Crippen LogP contribution in [0.5, 0.6) is 0 Å². The number of ether oxygens (including phenoxy) is 1. The molecule has 1 saturated heterocycles. The maximum Gasteiger partial charge on any atom is 0.410 e. The standard InChI is InChI=1S/C11H22N2O2/c1-4-5-12-6-8-13(9-7-12)11(14)15-10(2)3/h10H,4-9H2,1-3H3. The van der Waals surface area contributed by atoms with E-state index in [1.165, 1.54) is 6.42 Å². The SMILES string of the molecule is CCCN1CCN(C(=O)OC(C)C)CC1. The summed E-state index contributed by atoms with van der Waals surface area (Å²) < 4.78 is 5.15. The maximum absolute atomic E-state index is 11.6. The van der Waals surface area contributed by atoms with Crippen LogP contribution in [0, 0.1) is 0 Å². The molecular formula is C11H22N2O2. The first-order chi connectivity index (χ1) is 7.13. The Morgan fingerprint density at radius 1 is 1.27 bits per heavy atom. The van der Waals surface area contributed by atoms with E-state index in [1.54, 1.807) is 4.90 Å². The van der Waals surface area contributed by atoms with Crippen LogP contribution in [0.15, 0.2) is 0 Å². The molecule has 0 aromatic carbocycles. The van der Waals surface area contributed by atoms with E-state index >= 15 is 0 Å². The quantitative estimate of drug-likeness (QED) is 0.714. The highest BCUT2D eigenvalue weighted by Gasteiger charge is 2.21. The van der Waals surface area contributed by atoms with Gasteiger partial charge in [0.25, 0.3) is 0 Å². The Balaban J connectivity index is 2.27. The second kappa shape index (κ2) is 5.95. The molecule has 1 amide bonds. The van der Waals surface area contributed by atoms with E-state index < -0.39 is 0 Å². The van der Waals surface area contributed by atoms with E-state index in [2.05, 4.69) is 11.8 Å². The monoisotopic (exact) mass is 214 g/mol. The summed E-state index contributed by atoms with van der Waals surface area (Å²) in [6.07, 6.45) is 0.989. The highest BCUT2D eigenvalue weighted by molar-refractivity contribution is 5.67. The van der Waals surface area contributed by atoms with Crippen LogP contribution in [0.4, 0.5) is 4.79 Å². The highest BCUT2D eigenvalue weighted by Crippen LogP contribution is 2.05. The van der Waals surface area contributed by atoms with Crippen molar-refractivity contribution in [2.75, 3.05) is 32.7 Å². The zero-order chi connectivity index (χ0) is 11.3. The molecule has 1 rings (SSSR count). The molecule has 0 N–H and O–H groups in total. The van der Waals surface area contributed by atoms with Gasteiger partial charge >= 0.3 is 6.09 Å². The van der Waals surface area contributed by atoms with Crippen molar-refractivity contribution in [3.63, 3.8) is 0 Å². The molecule has 0 aromatic heterocycles. The van der Waals surface area contributed by atoms with E-state index in [0.717, 1.165) is 32.7 Å². The van der Waals surface area contributed by atoms with Crippen molar-refractivity contribution in [1.29, 1.82) is 0 Å². The molecule has 4 nitrogen and oxygen atoms in total. The number of rotatable bonds is 3. The van der Waals surface area contributed by atoms with Crippen molar-refractivity contribution in [1.82, 2.24) is 9.80 Å². The number of amides is 1. The summed E-state index contributed by atoms with van der Waals surface area (Å²) in [7, 11) is 0. The van der Waals surface area contributed by atoms with Gasteiger partial charge in [-0.3, -0.25) is 4.90 Å². The van der Waals surface area contributed by atoms with Crippen molar-refractivity contribution in [2.45, 2.75) is 33.3 Å². The van der Waals surface area contributed by atoms with Gasteiger partial charge in [-0.05, 0) is 26.8 Å². The van der Waals surface area contributed by atoms with Crippen molar-refractivity contribution >= 4 is 6.09 Å². The van der Waals surface area contributed by atoms with Gasteiger partial charge in [0.1, 0.15) is 0 Å². The van der Waals surface area contributed by atoms with Crippen LogP contribution in [0.2, 0.25) is 0 Å². The molecule has 1 aliphatic rings. The molecule has 1 heterocycles. The third kappa shape index (κ3) is 4.08. The minimum atomic E-state index is -0.166. The molecular weight excluding hydrogens is 192 g/mol. The predicted molar refractivity (Wildman–Crippen MR) is 59.9 cm³/mol. The first-order valence-electron chi connectivity index (χ1n) is 5.81. The molecule has 0 aliphatic carbocycles. The van der Waals surface area contributed by atoms with Crippen molar-refractivity contribution in [2.24, 2.45) is 0 Å². The Bertz CT molecular complexity index is 199. The van der Waals surface area contributed by atoms with Gasteiger partial charge in [0.05, 0.1) is 6.10 Å². The highest BCUT2D eigenvalue weighted by atomic mass is 16.6. The van der Waals surface area contributed by atoms with E-state index in [-0.39, 0.29) is 12.2 Å². The lowest BCUT2D eigenvalue weighted by atomic mass is 10.3. The predicted octanol–water partition coefficient (Wildman–Crippen LogP) is 1.56. The number of hydrogen-bond donors (Lipinski definition) is 0. The molecule has 0 atom stereocenters. The fourth-order valence-electron chi connectivity index (χ4n) is 1.75. The van der Waals surface area contributed by atoms with E-state index in [9.17, 15) is 4.79 Å². The Kier molecular flexibility index (Phi) is 4.88. The smallest absolute Gasteiger partial charge is 0.410 e. The number of piperazine rings is 1. The molecule has 1 fully saturated rings. The van der Waals surface area contributed by atoms with Gasteiger partial charge in [0.2, 0.25) is 0 Å². The molecule has 88 valence electrons. The molecule has 0 aromatic rings. The molecule has 0 saturated carbocycles. The molecule has 15 heavy (non-hydrogen) atoms. The first kappa shape index (κ1) is 12.3. The van der Waals surface area contributed by atoms with E-state index in [1.807, 2.05) is 13.8 Å². The minimum Gasteiger partial charge on any atom is -0.447 e. The summed E-state index contributed by atoms with van der Waals surface area (Å²) in [5, 5.41) is 0. The summed E-state index contributed by atoms with van der Waals surface area (Å²) >= 11 is 0. The normalized spacial score (nSPS) is 18.3. The number of carbonyl (C=O) groups excluding carboxylic acids is 1. The van der Waals surface area contributed by atoms with Crippen molar-refractivity contribution < 1.29 is 9.53 Å². The Labute approximate surface area is 92.2 Å². The average Bonchev–Trinajstić information content (AvgIpc) is 2.18. The third-order valence-electron chi connectivity index (χ3n) is 2.51. The van der Waals surface area contributed by atoms with Gasteiger partial charge < -0.3 is 9.64 Å². The van der Waals surface area contributed by atoms with Crippen molar-refractivity contribution in [3.8, 4) is 0 Å². The molecule has 0 unspecified atom stereocenters. The Morgan fingerprint density at radius 2 is 1.87 bits per heavy atom. The van der Waals surface area contributed by atoms with Crippen LogP contribution in [0.25, 0.3) is 0 Å². The van der Waals surface area contributed by atoms with Gasteiger partial charge in [-0.15, -0.1) is 0 Å². The van der Waals surface area contributed by atoms with Gasteiger partial charge in [-0.1, -0.05) is 6.92 Å². The van der Waals surface area contributed by atoms with Gasteiger partial charge in [-0.2, -0.15) is 0 Å². The van der Waals surface area contributed by atoms with Crippen LogP contribution in [0.3, 0.4) is 0 Å². The second-order valence-electron chi connectivity index (χ2n) is 4.26. The van der Waals surface area contributed by atoms with Crippen LogP contribution < -0.4 is 0 Å². The van der Waals surface area contributed by atoms with Crippen LogP contribution in [0.1, 0.15) is 27.2 Å². The van der Waals surface area contributed by atoms with Gasteiger partial charge in [-0.25, -0.2) is 4.79 Å². The lowest BCUT2D eigenvalue weighted by Crippen LogP contribution is -2.49. The zero-order valence-corrected chi connectivity index (χ0v) is 10.0. The first-order valence-corrected chi connectivity index (χ1v) is 5.81. The van der Waals surface area contributed by atoms with Crippen LogP contribution >= 0.6 is 0 Å². The van der Waals surface area contributed by atoms with E-state index in [0.29, 0.717) is 0 Å². The Morgan fingerprint density at radius 3 is 2.33 bits per heavy atom. The maximum atomic E-state index is 11.6. The Hall–Kier alpha value is -0.770. The van der Waals surface area contributed by atoms with Gasteiger partial charge in [0.15, 0.2) is 0 Å². The summed E-state index contributed by atoms with van der Waals surface area (Å²) in [6, 6.07) is 0. The fraction of sp³-hybridized carbons (Fsp3) is 0.909. The summed E-state index contributed by atoms with van der Waals surface area (Å²) in [5.74, 6) is 0. The number of carbonyl (C=O) groups is 1. The summed E-state index contributed by atoms with van der Waals surface area (Å²) in [6.45, 7) is 10.6. The largest absolute Gasteiger partial charge is 0.447 e. The fourth-order valence-corrected chi connectivity index (χ4v) is 1.75. The third-order valence-corrected chi connectivity index (χ3v) is 2.51. The molecule has 0 spiro atoms. The molecule has 1 aliphatic heterocycles. The second-order valence-corrected chi connectivity index (χ2v) is 4.26. The van der Waals surface area contributed by atoms with Crippen LogP contribution in [-0.2, 0) is 4.74 Å². The lowest BCUT2D eigenvalue weighted by molar-refractivity contribution is 0.0572. The number of hydrogen-bond acceptors (Lipinski definition) is 3. The topological polar surface area (TPSA) is 32.8 Å². The van der Waals surface area contributed by atoms with Crippen molar-refractivity contribution in [3.05, 3.63) is 0 Å². The summed E-state index contributed by atoms with van der Waals surface area (Å²) in [5.41, 5.74) is 0. The average molecular weight is 214 g/mol. The van der Waals surface area contributed by atoms with Gasteiger partial charge in [0, 0.05) is 26.2 Å². The molecule has 4 heteroatoms. The molecule has 0 radical (unpaired) electrons. The molecule has 0 bridgehead atoms. The summed E-state index contributed by atoms with van der Waals surface area (Å²) in [4.78, 5) is 15.7. The lowest BCUT2D eigenvalue weighted by Gasteiger charge is -2.34. The minimum absolute atomic E-state index is 0.0221.